The zero-order valence-corrected chi connectivity index (χ0v) is 16.1. The highest BCUT2D eigenvalue weighted by molar-refractivity contribution is 6.08. The second-order valence-electron chi connectivity index (χ2n) is 5.97. The Bertz CT molecular complexity index is 916. The lowest BCUT2D eigenvalue weighted by Gasteiger charge is -2.08. The minimum Gasteiger partial charge on any atom is -0.349 e. The zero-order chi connectivity index (χ0) is 21.3. The summed E-state index contributed by atoms with van der Waals surface area (Å²) in [6.07, 6.45) is 6.27. The Hall–Kier alpha value is -3.29. The molecule has 29 heavy (non-hydrogen) atoms. The fourth-order valence-corrected chi connectivity index (χ4v) is 2.28. The average molecular weight is 402 g/mol. The van der Waals surface area contributed by atoms with Gasteiger partial charge in [0.05, 0.1) is 23.4 Å². The second kappa shape index (κ2) is 10.3. The van der Waals surface area contributed by atoms with Gasteiger partial charge in [-0.25, -0.2) is 9.97 Å². The molecule has 0 radical (unpaired) electrons. The molecule has 0 saturated carbocycles. The number of benzene rings is 1. The largest absolute Gasteiger partial charge is 0.416 e. The molecule has 1 aromatic heterocycles. The molecule has 0 aliphatic carbocycles. The van der Waals surface area contributed by atoms with E-state index in [4.69, 9.17) is 0 Å². The molecule has 0 atom stereocenters. The van der Waals surface area contributed by atoms with E-state index in [-0.39, 0.29) is 17.1 Å². The van der Waals surface area contributed by atoms with Crippen LogP contribution >= 0.6 is 0 Å². The van der Waals surface area contributed by atoms with Crippen molar-refractivity contribution in [3.8, 4) is 0 Å². The van der Waals surface area contributed by atoms with Crippen LogP contribution in [0.3, 0.4) is 0 Å². The first kappa shape index (κ1) is 22.0. The monoisotopic (exact) mass is 402 g/mol. The summed E-state index contributed by atoms with van der Waals surface area (Å²) in [5.41, 5.74) is -0.0773. The van der Waals surface area contributed by atoms with Gasteiger partial charge in [0.15, 0.2) is 5.78 Å². The molecule has 0 spiro atoms. The Kier molecular flexibility index (Phi) is 7.82. The topological polar surface area (TPSA) is 67.2 Å². The minimum atomic E-state index is -4.51. The maximum absolute atomic E-state index is 12.8. The molecule has 0 amide bonds. The Balaban J connectivity index is 2.10. The molecule has 0 fully saturated rings. The van der Waals surface area contributed by atoms with Gasteiger partial charge in [-0.2, -0.15) is 13.2 Å². The fourth-order valence-electron chi connectivity index (χ4n) is 2.28. The van der Waals surface area contributed by atoms with E-state index in [0.717, 1.165) is 24.3 Å². The quantitative estimate of drug-likeness (QED) is 0.494. The molecule has 152 valence electrons. The number of carbonyl (C=O) groups excluding carboxylic acids is 1. The van der Waals surface area contributed by atoms with Crippen LogP contribution in [0.25, 0.3) is 0 Å². The van der Waals surface area contributed by atoms with E-state index >= 15 is 0 Å². The SMILES string of the molecule is C\C=C/N=C(/C=C/CC)CNc1ncc(C(=O)c2cccc(C(F)(F)F)c2)cn1. The van der Waals surface area contributed by atoms with Crippen LogP contribution < -0.4 is 5.32 Å². The molecule has 0 aliphatic heterocycles. The van der Waals surface area contributed by atoms with Crippen molar-refractivity contribution in [3.05, 3.63) is 77.8 Å². The number of aromatic nitrogens is 2. The van der Waals surface area contributed by atoms with Crippen molar-refractivity contribution >= 4 is 17.4 Å². The summed E-state index contributed by atoms with van der Waals surface area (Å²) in [5, 5.41) is 3.00. The molecular weight excluding hydrogens is 381 g/mol. The molecular formula is C21H21F3N4O. The predicted octanol–water partition coefficient (Wildman–Crippen LogP) is 5.08. The van der Waals surface area contributed by atoms with E-state index in [2.05, 4.69) is 20.3 Å². The van der Waals surface area contributed by atoms with Crippen LogP contribution in [0.4, 0.5) is 19.1 Å². The van der Waals surface area contributed by atoms with Crippen molar-refractivity contribution in [2.24, 2.45) is 4.99 Å². The molecule has 8 heteroatoms. The van der Waals surface area contributed by atoms with Gasteiger partial charge in [0.1, 0.15) is 0 Å². The lowest BCUT2D eigenvalue weighted by atomic mass is 10.0. The molecule has 1 aromatic carbocycles. The number of allylic oxidation sites excluding steroid dienone is 2. The van der Waals surface area contributed by atoms with Gasteiger partial charge in [-0.05, 0) is 31.6 Å². The molecule has 0 saturated heterocycles. The number of hydrogen-bond donors (Lipinski definition) is 1. The molecule has 1 N–H and O–H groups in total. The van der Waals surface area contributed by atoms with E-state index < -0.39 is 17.5 Å². The molecule has 0 unspecified atom stereocenters. The number of alkyl halides is 3. The zero-order valence-electron chi connectivity index (χ0n) is 16.1. The standard InChI is InChI=1S/C21H21F3N4O/c1-3-5-9-18(25-10-4-2)14-28-20-26-12-16(13-27-20)19(29)15-7-6-8-17(11-15)21(22,23)24/h4-13H,3,14H2,1-2H3,(H,26,27,28)/b9-5+,10-4-,25-18-. The number of halogens is 3. The first-order valence-corrected chi connectivity index (χ1v) is 8.97. The summed E-state index contributed by atoms with van der Waals surface area (Å²) >= 11 is 0. The van der Waals surface area contributed by atoms with Crippen LogP contribution in [-0.4, -0.2) is 28.0 Å². The molecule has 5 nitrogen and oxygen atoms in total. The van der Waals surface area contributed by atoms with Crippen LogP contribution in [0.1, 0.15) is 41.8 Å². The van der Waals surface area contributed by atoms with Gasteiger partial charge in [-0.3, -0.25) is 9.79 Å². The minimum absolute atomic E-state index is 0.0744. The Morgan fingerprint density at radius 3 is 2.55 bits per heavy atom. The summed E-state index contributed by atoms with van der Waals surface area (Å²) in [5.74, 6) is -0.299. The molecule has 2 aromatic rings. The van der Waals surface area contributed by atoms with E-state index in [1.54, 1.807) is 6.20 Å². The van der Waals surface area contributed by atoms with Gasteiger partial charge in [0, 0.05) is 24.2 Å². The van der Waals surface area contributed by atoms with Crippen LogP contribution in [0.15, 0.2) is 66.1 Å². The van der Waals surface area contributed by atoms with Gasteiger partial charge < -0.3 is 5.32 Å². The van der Waals surface area contributed by atoms with Gasteiger partial charge in [0.2, 0.25) is 5.95 Å². The van der Waals surface area contributed by atoms with E-state index in [1.807, 2.05) is 32.1 Å². The summed E-state index contributed by atoms with van der Waals surface area (Å²) in [6, 6.07) is 4.26. The van der Waals surface area contributed by atoms with Crippen molar-refractivity contribution in [1.82, 2.24) is 9.97 Å². The lowest BCUT2D eigenvalue weighted by molar-refractivity contribution is -0.137. The number of rotatable bonds is 8. The van der Waals surface area contributed by atoms with Crippen molar-refractivity contribution in [2.45, 2.75) is 26.4 Å². The van der Waals surface area contributed by atoms with Crippen LogP contribution in [0.5, 0.6) is 0 Å². The summed E-state index contributed by atoms with van der Waals surface area (Å²) in [6.45, 7) is 4.25. The highest BCUT2D eigenvalue weighted by atomic mass is 19.4. The van der Waals surface area contributed by atoms with E-state index in [0.29, 0.717) is 6.54 Å². The second-order valence-corrected chi connectivity index (χ2v) is 5.97. The van der Waals surface area contributed by atoms with Crippen LogP contribution in [-0.2, 0) is 6.18 Å². The third kappa shape index (κ3) is 6.67. The van der Waals surface area contributed by atoms with Gasteiger partial charge in [-0.15, -0.1) is 0 Å². The number of nitrogens with zero attached hydrogens (tertiary/aromatic N) is 3. The first-order chi connectivity index (χ1) is 13.8. The highest BCUT2D eigenvalue weighted by Crippen LogP contribution is 2.29. The van der Waals surface area contributed by atoms with E-state index in [9.17, 15) is 18.0 Å². The summed E-state index contributed by atoms with van der Waals surface area (Å²) < 4.78 is 38.5. The molecule has 0 bridgehead atoms. The Morgan fingerprint density at radius 1 is 1.21 bits per heavy atom. The maximum Gasteiger partial charge on any atom is 0.416 e. The van der Waals surface area contributed by atoms with Crippen molar-refractivity contribution in [1.29, 1.82) is 0 Å². The van der Waals surface area contributed by atoms with E-state index in [1.165, 1.54) is 24.5 Å². The lowest BCUT2D eigenvalue weighted by Crippen LogP contribution is -2.14. The number of anilines is 1. The number of nitrogens with one attached hydrogen (secondary N) is 1. The number of hydrogen-bond acceptors (Lipinski definition) is 5. The summed E-state index contributed by atoms with van der Waals surface area (Å²) in [4.78, 5) is 24.9. The Labute approximate surface area is 167 Å². The number of aliphatic imine (C=N–C) groups is 1. The molecule has 1 heterocycles. The highest BCUT2D eigenvalue weighted by Gasteiger charge is 2.31. The predicted molar refractivity (Wildman–Crippen MR) is 107 cm³/mol. The average Bonchev–Trinajstić information content (AvgIpc) is 2.72. The van der Waals surface area contributed by atoms with Crippen LogP contribution in [0.2, 0.25) is 0 Å². The fraction of sp³-hybridized carbons (Fsp3) is 0.238. The first-order valence-electron chi connectivity index (χ1n) is 8.97. The van der Waals surface area contributed by atoms with Gasteiger partial charge in [0.25, 0.3) is 0 Å². The third-order valence-corrected chi connectivity index (χ3v) is 3.73. The smallest absolute Gasteiger partial charge is 0.349 e. The third-order valence-electron chi connectivity index (χ3n) is 3.73. The number of ketones is 1. The van der Waals surface area contributed by atoms with Gasteiger partial charge in [-0.1, -0.05) is 31.2 Å². The maximum atomic E-state index is 12.8. The van der Waals surface area contributed by atoms with Crippen molar-refractivity contribution in [3.63, 3.8) is 0 Å². The van der Waals surface area contributed by atoms with Gasteiger partial charge >= 0.3 is 6.18 Å². The molecule has 2 rings (SSSR count). The molecule has 0 aliphatic rings. The van der Waals surface area contributed by atoms with Crippen molar-refractivity contribution in [2.75, 3.05) is 11.9 Å². The van der Waals surface area contributed by atoms with Crippen LogP contribution in [0, 0.1) is 0 Å². The summed E-state index contributed by atoms with van der Waals surface area (Å²) in [7, 11) is 0. The number of carbonyl (C=O) groups is 1. The Morgan fingerprint density at radius 2 is 1.93 bits per heavy atom. The van der Waals surface area contributed by atoms with Crippen molar-refractivity contribution < 1.29 is 18.0 Å². The normalized spacial score (nSPS) is 12.7.